The number of aromatic carboxylic acids is 1. The van der Waals surface area contributed by atoms with E-state index in [1.165, 1.54) is 18.2 Å². The maximum absolute atomic E-state index is 12.6. The molecule has 0 radical (unpaired) electrons. The number of anilines is 1. The number of carboxylic acid groups (broad SMARTS) is 1. The third kappa shape index (κ3) is 5.97. The van der Waals surface area contributed by atoms with Crippen LogP contribution in [0.5, 0.6) is 5.75 Å². The molecular formula is C25H19ClN2O4. The third-order valence-corrected chi connectivity index (χ3v) is 4.78. The van der Waals surface area contributed by atoms with E-state index in [4.69, 9.17) is 21.4 Å². The van der Waals surface area contributed by atoms with Crippen LogP contribution in [0.1, 0.15) is 27.0 Å². The number of halogens is 1. The van der Waals surface area contributed by atoms with Gasteiger partial charge in [0.15, 0.2) is 0 Å². The van der Waals surface area contributed by atoms with E-state index in [1.54, 1.807) is 42.5 Å². The minimum Gasteiger partial charge on any atom is -0.488 e. The molecule has 3 aromatic rings. The average molecular weight is 447 g/mol. The van der Waals surface area contributed by atoms with Crippen molar-refractivity contribution in [2.45, 2.75) is 13.5 Å². The molecule has 7 heteroatoms. The summed E-state index contributed by atoms with van der Waals surface area (Å²) in [6, 6.07) is 20.3. The number of nitrogens with one attached hydrogen (secondary N) is 1. The minimum atomic E-state index is -1.00. The molecule has 32 heavy (non-hydrogen) atoms. The topological polar surface area (TPSA) is 99.4 Å². The second-order valence-electron chi connectivity index (χ2n) is 6.96. The molecule has 0 aliphatic rings. The Morgan fingerprint density at radius 1 is 1.09 bits per heavy atom. The molecule has 0 saturated heterocycles. The number of nitriles is 1. The third-order valence-electron chi connectivity index (χ3n) is 4.54. The molecule has 2 N–H and O–H groups in total. The van der Waals surface area contributed by atoms with E-state index in [1.807, 2.05) is 25.1 Å². The predicted molar refractivity (Wildman–Crippen MR) is 123 cm³/mol. The number of hydrogen-bond acceptors (Lipinski definition) is 4. The van der Waals surface area contributed by atoms with Gasteiger partial charge in [0.05, 0.1) is 5.56 Å². The van der Waals surface area contributed by atoms with Gasteiger partial charge < -0.3 is 15.2 Å². The molecule has 6 nitrogen and oxygen atoms in total. The highest BCUT2D eigenvalue weighted by atomic mass is 35.5. The fraction of sp³-hybridized carbons (Fsp3) is 0.0800. The molecule has 3 aromatic carbocycles. The number of benzene rings is 3. The molecule has 0 aliphatic heterocycles. The van der Waals surface area contributed by atoms with E-state index in [-0.39, 0.29) is 17.7 Å². The lowest BCUT2D eigenvalue weighted by Gasteiger charge is -2.11. The van der Waals surface area contributed by atoms with Crippen LogP contribution in [0, 0.1) is 18.3 Å². The van der Waals surface area contributed by atoms with Crippen LogP contribution < -0.4 is 10.1 Å². The van der Waals surface area contributed by atoms with Gasteiger partial charge in [0.2, 0.25) is 0 Å². The summed E-state index contributed by atoms with van der Waals surface area (Å²) in [7, 11) is 0. The van der Waals surface area contributed by atoms with Gasteiger partial charge in [-0.3, -0.25) is 4.79 Å². The second kappa shape index (κ2) is 10.3. The molecule has 160 valence electrons. The highest BCUT2D eigenvalue weighted by Gasteiger charge is 2.12. The van der Waals surface area contributed by atoms with Gasteiger partial charge in [0, 0.05) is 16.3 Å². The predicted octanol–water partition coefficient (Wildman–Crippen LogP) is 5.47. The molecule has 0 aliphatic carbocycles. The Hall–Kier alpha value is -4.08. The van der Waals surface area contributed by atoms with E-state index in [9.17, 15) is 14.9 Å². The number of hydrogen-bond donors (Lipinski definition) is 2. The summed E-state index contributed by atoms with van der Waals surface area (Å²) in [5.41, 5.74) is 2.94. The number of nitrogens with zero attached hydrogens (tertiary/aromatic N) is 1. The van der Waals surface area contributed by atoms with Crippen molar-refractivity contribution in [3.63, 3.8) is 0 Å². The number of rotatable bonds is 7. The lowest BCUT2D eigenvalue weighted by Crippen LogP contribution is -2.13. The Morgan fingerprint density at radius 2 is 1.78 bits per heavy atom. The van der Waals surface area contributed by atoms with E-state index in [0.717, 1.165) is 11.1 Å². The number of ether oxygens (including phenoxy) is 1. The van der Waals surface area contributed by atoms with Crippen molar-refractivity contribution >= 4 is 35.2 Å². The van der Waals surface area contributed by atoms with E-state index >= 15 is 0 Å². The van der Waals surface area contributed by atoms with Gasteiger partial charge >= 0.3 is 5.97 Å². The summed E-state index contributed by atoms with van der Waals surface area (Å²) in [6.45, 7) is 2.10. The van der Waals surface area contributed by atoms with Crippen LogP contribution in [-0.2, 0) is 11.4 Å². The van der Waals surface area contributed by atoms with Gasteiger partial charge in [0.25, 0.3) is 5.91 Å². The van der Waals surface area contributed by atoms with Crippen LogP contribution in [0.15, 0.2) is 72.3 Å². The van der Waals surface area contributed by atoms with Crippen molar-refractivity contribution in [3.05, 3.63) is 99.6 Å². The van der Waals surface area contributed by atoms with Gasteiger partial charge in [-0.1, -0.05) is 41.4 Å². The summed E-state index contributed by atoms with van der Waals surface area (Å²) in [4.78, 5) is 23.5. The Balaban J connectivity index is 1.79. The Bertz CT molecular complexity index is 1210. The maximum atomic E-state index is 12.6. The minimum absolute atomic E-state index is 0.108. The monoisotopic (exact) mass is 446 g/mol. The van der Waals surface area contributed by atoms with Crippen LogP contribution >= 0.6 is 11.6 Å². The van der Waals surface area contributed by atoms with Crippen molar-refractivity contribution in [3.8, 4) is 11.8 Å². The number of carbonyl (C=O) groups excluding carboxylic acids is 1. The zero-order valence-electron chi connectivity index (χ0n) is 17.1. The fourth-order valence-electron chi connectivity index (χ4n) is 2.81. The number of aryl methyl sites for hydroxylation is 1. The molecule has 1 amide bonds. The van der Waals surface area contributed by atoms with Crippen molar-refractivity contribution in [1.29, 1.82) is 5.26 Å². The zero-order chi connectivity index (χ0) is 23.1. The van der Waals surface area contributed by atoms with Gasteiger partial charge in [-0.05, 0) is 61.0 Å². The summed E-state index contributed by atoms with van der Waals surface area (Å²) in [5, 5.41) is 21.6. The molecule has 3 rings (SSSR count). The molecule has 0 heterocycles. The fourth-order valence-corrected chi connectivity index (χ4v) is 2.99. The van der Waals surface area contributed by atoms with Gasteiger partial charge in [-0.25, -0.2) is 4.79 Å². The van der Waals surface area contributed by atoms with E-state index in [0.29, 0.717) is 22.0 Å². The van der Waals surface area contributed by atoms with Crippen LogP contribution in [0.25, 0.3) is 6.08 Å². The molecule has 0 aromatic heterocycles. The Morgan fingerprint density at radius 3 is 2.41 bits per heavy atom. The molecular weight excluding hydrogens is 428 g/mol. The first-order chi connectivity index (χ1) is 15.4. The van der Waals surface area contributed by atoms with Crippen LogP contribution in [0.3, 0.4) is 0 Å². The van der Waals surface area contributed by atoms with Crippen molar-refractivity contribution < 1.29 is 19.4 Å². The van der Waals surface area contributed by atoms with Gasteiger partial charge in [-0.15, -0.1) is 0 Å². The highest BCUT2D eigenvalue weighted by molar-refractivity contribution is 6.30. The lowest BCUT2D eigenvalue weighted by molar-refractivity contribution is -0.112. The molecule has 0 atom stereocenters. The zero-order valence-corrected chi connectivity index (χ0v) is 17.9. The van der Waals surface area contributed by atoms with Crippen molar-refractivity contribution in [1.82, 2.24) is 0 Å². The van der Waals surface area contributed by atoms with E-state index < -0.39 is 11.9 Å². The Kier molecular flexibility index (Phi) is 7.27. The first kappa shape index (κ1) is 22.6. The maximum Gasteiger partial charge on any atom is 0.335 e. The molecule has 0 unspecified atom stereocenters. The number of carboxylic acids is 1. The van der Waals surface area contributed by atoms with Crippen LogP contribution in [0.4, 0.5) is 5.69 Å². The van der Waals surface area contributed by atoms with Crippen molar-refractivity contribution in [2.24, 2.45) is 0 Å². The first-order valence-corrected chi connectivity index (χ1v) is 9.98. The number of amides is 1. The summed E-state index contributed by atoms with van der Waals surface area (Å²) in [6.07, 6.45) is 1.41. The first-order valence-electron chi connectivity index (χ1n) is 9.60. The molecule has 0 bridgehead atoms. The number of carbonyl (C=O) groups is 2. The summed E-state index contributed by atoms with van der Waals surface area (Å²) in [5.74, 6) is -1.13. The van der Waals surface area contributed by atoms with Crippen molar-refractivity contribution in [2.75, 3.05) is 5.32 Å². The van der Waals surface area contributed by atoms with Gasteiger partial charge in [-0.2, -0.15) is 5.26 Å². The summed E-state index contributed by atoms with van der Waals surface area (Å²) >= 11 is 6.11. The average Bonchev–Trinajstić information content (AvgIpc) is 2.78. The SMILES string of the molecule is Cc1ccc(NC(=O)/C(C#N)=C/c2cc(Cl)ccc2OCc2ccc(C(=O)O)cc2)cc1. The smallest absolute Gasteiger partial charge is 0.335 e. The van der Waals surface area contributed by atoms with Crippen LogP contribution in [-0.4, -0.2) is 17.0 Å². The van der Waals surface area contributed by atoms with Gasteiger partial charge in [0.1, 0.15) is 24.0 Å². The van der Waals surface area contributed by atoms with E-state index in [2.05, 4.69) is 5.32 Å². The highest BCUT2D eigenvalue weighted by Crippen LogP contribution is 2.26. The standard InChI is InChI=1S/C25H19ClN2O4/c1-16-2-9-22(10-3-16)28-24(29)20(14-27)12-19-13-21(26)8-11-23(19)32-15-17-4-6-18(7-5-17)25(30)31/h2-13H,15H2,1H3,(H,28,29)(H,30,31)/b20-12+. The molecule has 0 spiro atoms. The quantitative estimate of drug-likeness (QED) is 0.370. The molecule has 0 saturated carbocycles. The molecule has 0 fully saturated rings. The van der Waals surface area contributed by atoms with Crippen LogP contribution in [0.2, 0.25) is 5.02 Å². The Labute approximate surface area is 190 Å². The summed E-state index contributed by atoms with van der Waals surface area (Å²) < 4.78 is 5.84. The lowest BCUT2D eigenvalue weighted by atomic mass is 10.1. The normalized spacial score (nSPS) is 10.8. The largest absolute Gasteiger partial charge is 0.488 e. The second-order valence-corrected chi connectivity index (χ2v) is 7.40.